The zero-order valence-electron chi connectivity index (χ0n) is 5.30. The van der Waals surface area contributed by atoms with Crippen molar-refractivity contribution in [2.45, 2.75) is 0 Å². The van der Waals surface area contributed by atoms with E-state index in [2.05, 4.69) is 3.53 Å². The van der Waals surface area contributed by atoms with Gasteiger partial charge in [0, 0.05) is 0 Å². The summed E-state index contributed by atoms with van der Waals surface area (Å²) in [6.45, 7) is 0. The van der Waals surface area contributed by atoms with E-state index in [1.807, 2.05) is 0 Å². The van der Waals surface area contributed by atoms with Crippen molar-refractivity contribution in [2.24, 2.45) is 0 Å². The van der Waals surface area contributed by atoms with Crippen LogP contribution in [0.4, 0.5) is 4.79 Å². The molecule has 0 spiro atoms. The van der Waals surface area contributed by atoms with E-state index in [1.54, 1.807) is 0 Å². The number of carboxylic acid groups (broad SMARTS) is 2. The minimum absolute atomic E-state index is 0.240. The van der Waals surface area contributed by atoms with Crippen LogP contribution in [0, 0.1) is 0 Å². The van der Waals surface area contributed by atoms with Crippen molar-refractivity contribution in [1.29, 1.82) is 0 Å². The molecule has 0 rings (SSSR count). The van der Waals surface area contributed by atoms with Gasteiger partial charge < -0.3 is 0 Å². The maximum atomic E-state index is 10.2. The summed E-state index contributed by atoms with van der Waals surface area (Å²) in [7, 11) is 1.47. The Balaban J connectivity index is 3.83. The van der Waals surface area contributed by atoms with E-state index in [-0.39, 0.29) is 4.43 Å². The Labute approximate surface area is 65.2 Å². The summed E-state index contributed by atoms with van der Waals surface area (Å²) in [4.78, 5) is 20.2. The van der Waals surface area contributed by atoms with E-state index in [1.165, 1.54) is 7.05 Å². The second-order valence-electron chi connectivity index (χ2n) is 1.33. The van der Waals surface area contributed by atoms with E-state index in [9.17, 15) is 9.59 Å². The summed E-state index contributed by atoms with van der Waals surface area (Å²) in [5, 5.41) is 16.6. The van der Waals surface area contributed by atoms with Crippen molar-refractivity contribution in [3.63, 3.8) is 0 Å². The van der Waals surface area contributed by atoms with Crippen molar-refractivity contribution in [2.75, 3.05) is 11.5 Å². The Bertz CT molecular complexity index is 148. The summed E-state index contributed by atoms with van der Waals surface area (Å²) in [5.74, 6) is -1.05. The zero-order valence-corrected chi connectivity index (χ0v) is 7.45. The molecule has 0 unspecified atom stereocenters. The van der Waals surface area contributed by atoms with Gasteiger partial charge in [-0.05, 0) is 0 Å². The van der Waals surface area contributed by atoms with Crippen molar-refractivity contribution >= 4 is 30.0 Å². The Morgan fingerprint density at radius 2 is 2.00 bits per heavy atom. The van der Waals surface area contributed by atoms with Gasteiger partial charge in [-0.1, -0.05) is 0 Å². The summed E-state index contributed by atoms with van der Waals surface area (Å²) in [6, 6.07) is 0. The summed E-state index contributed by atoms with van der Waals surface area (Å²) in [6.07, 6.45) is 0. The van der Waals surface area contributed by atoms with Crippen LogP contribution in [-0.4, -0.2) is 31.6 Å². The van der Waals surface area contributed by atoms with Crippen LogP contribution in [-0.2, 0) is 4.79 Å². The Morgan fingerprint density at radius 3 is 2.10 bits per heavy atom. The molecule has 0 aliphatic carbocycles. The molecule has 0 aromatic heterocycles. The van der Waals surface area contributed by atoms with Gasteiger partial charge in [-0.2, -0.15) is 0 Å². The van der Waals surface area contributed by atoms with E-state index in [0.717, 1.165) is 0 Å². The second-order valence-corrected chi connectivity index (χ2v) is 6.16. The van der Waals surface area contributed by atoms with Crippen LogP contribution in [0.3, 0.4) is 0 Å². The molecule has 0 atom stereocenters. The number of hydrogen-bond acceptors (Lipinski definition) is 3. The molecule has 3 N–H and O–H groups in total. The first-order valence-corrected chi connectivity index (χ1v) is 6.04. The molecular formula is C4H8INO4. The van der Waals surface area contributed by atoms with Gasteiger partial charge in [0.15, 0.2) is 0 Å². The van der Waals surface area contributed by atoms with Gasteiger partial charge in [0.25, 0.3) is 0 Å². The van der Waals surface area contributed by atoms with Crippen LogP contribution in [0.2, 0.25) is 0 Å². The Morgan fingerprint density at radius 1 is 1.50 bits per heavy atom. The maximum absolute atomic E-state index is 10.2. The fourth-order valence-electron chi connectivity index (χ4n) is 0.319. The molecule has 5 nitrogen and oxygen atoms in total. The van der Waals surface area contributed by atoms with E-state index in [0.29, 0.717) is 0 Å². The molecule has 0 radical (unpaired) electrons. The molecule has 0 saturated heterocycles. The zero-order chi connectivity index (χ0) is 8.15. The van der Waals surface area contributed by atoms with Crippen LogP contribution < -0.4 is 3.53 Å². The molecule has 0 bridgehead atoms. The molecule has 0 fully saturated rings. The molecule has 0 aliphatic heterocycles. The molecule has 0 aliphatic rings. The van der Waals surface area contributed by atoms with Crippen molar-refractivity contribution < 1.29 is 19.8 Å². The first-order valence-electron chi connectivity index (χ1n) is 2.35. The van der Waals surface area contributed by atoms with Crippen molar-refractivity contribution in [3.8, 4) is 0 Å². The third-order valence-corrected chi connectivity index (χ3v) is 4.50. The summed E-state index contributed by atoms with van der Waals surface area (Å²) in [5.41, 5.74) is 0. The average Bonchev–Trinajstić information content (AvgIpc) is 1.81. The summed E-state index contributed by atoms with van der Waals surface area (Å²) >= 11 is -2.44. The number of halogens is 1. The minimum atomic E-state index is -2.44. The second kappa shape index (κ2) is 4.45. The number of rotatable bonds is 4. The predicted octanol–water partition coefficient (Wildman–Crippen LogP) is 0.390. The van der Waals surface area contributed by atoms with Gasteiger partial charge in [0.1, 0.15) is 0 Å². The number of carboxylic acids is 1. The molecule has 60 valence electrons. The number of nitrogens with one attached hydrogen (secondary N) is 1. The molecule has 0 heterocycles. The van der Waals surface area contributed by atoms with Crippen molar-refractivity contribution in [1.82, 2.24) is 3.53 Å². The van der Waals surface area contributed by atoms with Gasteiger partial charge in [-0.15, -0.1) is 0 Å². The van der Waals surface area contributed by atoms with Gasteiger partial charge in [-0.25, -0.2) is 0 Å². The standard InChI is InChI=1S/C4H8INO4/c1-6-5(4(9)10)2-3(7)8/h6H,2H2,1H3,(H,7,8)(H,9,10). The van der Waals surface area contributed by atoms with E-state index >= 15 is 0 Å². The third kappa shape index (κ3) is 3.62. The fraction of sp³-hybridized carbons (Fsp3) is 0.500. The number of alkyl halides is 1. The van der Waals surface area contributed by atoms with Crippen LogP contribution in [0.25, 0.3) is 0 Å². The first kappa shape index (κ1) is 9.63. The van der Waals surface area contributed by atoms with Gasteiger partial charge in [0.05, 0.1) is 0 Å². The normalized spacial score (nSPS) is 10.7. The topological polar surface area (TPSA) is 86.6 Å². The third-order valence-electron chi connectivity index (χ3n) is 0.671. The predicted molar refractivity (Wildman–Crippen MR) is 43.6 cm³/mol. The van der Waals surface area contributed by atoms with Gasteiger partial charge in [0.2, 0.25) is 0 Å². The Kier molecular flexibility index (Phi) is 4.28. The molecule has 10 heavy (non-hydrogen) atoms. The number of aliphatic carboxylic acids is 1. The van der Waals surface area contributed by atoms with Crippen LogP contribution in [0.15, 0.2) is 0 Å². The van der Waals surface area contributed by atoms with Crippen LogP contribution in [0.1, 0.15) is 0 Å². The SMILES string of the molecule is CNI(CC(=O)O)C(=O)O. The van der Waals surface area contributed by atoms with E-state index < -0.39 is 30.0 Å². The molecule has 0 amide bonds. The molecular weight excluding hydrogens is 253 g/mol. The summed E-state index contributed by atoms with van der Waals surface area (Å²) < 4.78 is 1.28. The monoisotopic (exact) mass is 261 g/mol. The quantitative estimate of drug-likeness (QED) is 0.295. The van der Waals surface area contributed by atoms with Gasteiger partial charge in [-0.3, -0.25) is 0 Å². The molecule has 6 heteroatoms. The Hall–Kier alpha value is -0.370. The van der Waals surface area contributed by atoms with E-state index in [4.69, 9.17) is 10.2 Å². The average molecular weight is 261 g/mol. The molecule has 0 aromatic carbocycles. The molecule has 0 aromatic rings. The van der Waals surface area contributed by atoms with Crippen LogP contribution >= 0.6 is 20.1 Å². The first-order chi connectivity index (χ1) is 4.57. The number of carbonyl (C=O) groups is 2. The van der Waals surface area contributed by atoms with Gasteiger partial charge >= 0.3 is 64.8 Å². The fourth-order valence-corrected chi connectivity index (χ4v) is 2.14. The number of hydrogen-bond donors (Lipinski definition) is 3. The molecule has 0 saturated carbocycles. The van der Waals surface area contributed by atoms with Crippen molar-refractivity contribution in [3.05, 3.63) is 0 Å². The van der Waals surface area contributed by atoms with Crippen LogP contribution in [0.5, 0.6) is 0 Å².